The molecule has 0 spiro atoms. The Morgan fingerprint density at radius 1 is 1.29 bits per heavy atom. The van der Waals surface area contributed by atoms with Crippen LogP contribution in [0.3, 0.4) is 0 Å². The number of rotatable bonds is 10. The van der Waals surface area contributed by atoms with Gasteiger partial charge in [-0.2, -0.15) is 5.26 Å². The lowest BCUT2D eigenvalue weighted by atomic mass is 10.1. The number of carbonyl (C=O) groups excluding carboxylic acids is 1. The highest BCUT2D eigenvalue weighted by Crippen LogP contribution is 2.06. The fraction of sp³-hybridized carbons (Fsp3) is 0.846. The van der Waals surface area contributed by atoms with Crippen molar-refractivity contribution in [3.63, 3.8) is 0 Å². The summed E-state index contributed by atoms with van der Waals surface area (Å²) in [7, 11) is 0. The molecule has 0 rings (SSSR count). The molecule has 1 atom stereocenters. The topological polar surface area (TPSA) is 64.9 Å². The molecule has 0 aliphatic rings. The molecule has 0 heterocycles. The molecule has 2 N–H and O–H groups in total. The molecule has 0 fully saturated rings. The van der Waals surface area contributed by atoms with Crippen molar-refractivity contribution in [2.75, 3.05) is 13.1 Å². The molecule has 98 valence electrons. The number of carbonyl (C=O) groups is 1. The average molecular weight is 239 g/mol. The van der Waals surface area contributed by atoms with E-state index in [1.165, 1.54) is 12.8 Å². The van der Waals surface area contributed by atoms with Gasteiger partial charge in [-0.1, -0.05) is 33.1 Å². The first-order valence-corrected chi connectivity index (χ1v) is 6.61. The zero-order chi connectivity index (χ0) is 12.9. The van der Waals surface area contributed by atoms with Gasteiger partial charge in [0, 0.05) is 12.6 Å². The maximum absolute atomic E-state index is 11.4. The smallest absolute Gasteiger partial charge is 0.233 e. The largest absolute Gasteiger partial charge is 0.354 e. The van der Waals surface area contributed by atoms with Gasteiger partial charge < -0.3 is 10.6 Å². The summed E-state index contributed by atoms with van der Waals surface area (Å²) in [5.41, 5.74) is 0. The Balaban J connectivity index is 3.71. The molecule has 4 heteroatoms. The number of nitriles is 1. The van der Waals surface area contributed by atoms with Gasteiger partial charge in [0.15, 0.2) is 0 Å². The SMILES string of the molecule is CCCCC(CCC)NCC(=O)NCCC#N. The highest BCUT2D eigenvalue weighted by molar-refractivity contribution is 5.77. The second-order valence-electron chi connectivity index (χ2n) is 4.27. The quantitative estimate of drug-likeness (QED) is 0.573. The molecule has 0 saturated heterocycles. The Kier molecular flexibility index (Phi) is 10.7. The van der Waals surface area contributed by atoms with E-state index in [9.17, 15) is 4.79 Å². The lowest BCUT2D eigenvalue weighted by Gasteiger charge is -2.17. The van der Waals surface area contributed by atoms with Gasteiger partial charge in [0.2, 0.25) is 5.91 Å². The van der Waals surface area contributed by atoms with Crippen molar-refractivity contribution in [3.05, 3.63) is 0 Å². The number of nitrogens with zero attached hydrogens (tertiary/aromatic N) is 1. The molecular formula is C13H25N3O. The van der Waals surface area contributed by atoms with Crippen molar-refractivity contribution < 1.29 is 4.79 Å². The number of amides is 1. The van der Waals surface area contributed by atoms with E-state index in [-0.39, 0.29) is 5.91 Å². The van der Waals surface area contributed by atoms with Crippen molar-refractivity contribution in [2.24, 2.45) is 0 Å². The van der Waals surface area contributed by atoms with Crippen LogP contribution in [0.5, 0.6) is 0 Å². The number of hydrogen-bond donors (Lipinski definition) is 2. The van der Waals surface area contributed by atoms with Crippen molar-refractivity contribution in [1.82, 2.24) is 10.6 Å². The molecule has 0 saturated carbocycles. The highest BCUT2D eigenvalue weighted by atomic mass is 16.1. The zero-order valence-electron chi connectivity index (χ0n) is 11.1. The van der Waals surface area contributed by atoms with Crippen molar-refractivity contribution >= 4 is 5.91 Å². The maximum atomic E-state index is 11.4. The van der Waals surface area contributed by atoms with E-state index in [1.54, 1.807) is 0 Å². The molecule has 0 aliphatic heterocycles. The van der Waals surface area contributed by atoms with Crippen LogP contribution in [-0.4, -0.2) is 25.0 Å². The fourth-order valence-corrected chi connectivity index (χ4v) is 1.70. The Morgan fingerprint density at radius 2 is 2.06 bits per heavy atom. The van der Waals surface area contributed by atoms with Crippen LogP contribution in [0.15, 0.2) is 0 Å². The third-order valence-electron chi connectivity index (χ3n) is 2.65. The highest BCUT2D eigenvalue weighted by Gasteiger charge is 2.08. The van der Waals surface area contributed by atoms with Crippen LogP contribution in [0.1, 0.15) is 52.4 Å². The van der Waals surface area contributed by atoms with Crippen LogP contribution < -0.4 is 10.6 Å². The molecule has 0 bridgehead atoms. The molecule has 17 heavy (non-hydrogen) atoms. The molecule has 0 radical (unpaired) electrons. The maximum Gasteiger partial charge on any atom is 0.233 e. The van der Waals surface area contributed by atoms with E-state index in [4.69, 9.17) is 5.26 Å². The molecule has 1 unspecified atom stereocenters. The van der Waals surface area contributed by atoms with Gasteiger partial charge in [0.1, 0.15) is 0 Å². The van der Waals surface area contributed by atoms with Gasteiger partial charge in [0.25, 0.3) is 0 Å². The average Bonchev–Trinajstić information content (AvgIpc) is 2.33. The Labute approximate surface area is 105 Å². The summed E-state index contributed by atoms with van der Waals surface area (Å²) in [4.78, 5) is 11.4. The zero-order valence-corrected chi connectivity index (χ0v) is 11.1. The monoisotopic (exact) mass is 239 g/mol. The molecular weight excluding hydrogens is 214 g/mol. The third kappa shape index (κ3) is 9.83. The lowest BCUT2D eigenvalue weighted by Crippen LogP contribution is -2.39. The Hall–Kier alpha value is -1.08. The predicted octanol–water partition coefficient (Wildman–Crippen LogP) is 1.96. The number of nitrogens with one attached hydrogen (secondary N) is 2. The summed E-state index contributed by atoms with van der Waals surface area (Å²) < 4.78 is 0. The first-order chi connectivity index (χ1) is 8.24. The Bertz CT molecular complexity index is 235. The van der Waals surface area contributed by atoms with Crippen molar-refractivity contribution in [3.8, 4) is 6.07 Å². The van der Waals surface area contributed by atoms with Crippen LogP contribution in [0, 0.1) is 11.3 Å². The lowest BCUT2D eigenvalue weighted by molar-refractivity contribution is -0.120. The van der Waals surface area contributed by atoms with Crippen molar-refractivity contribution in [2.45, 2.75) is 58.4 Å². The summed E-state index contributed by atoms with van der Waals surface area (Å²) >= 11 is 0. The van der Waals surface area contributed by atoms with Gasteiger partial charge in [-0.3, -0.25) is 4.79 Å². The normalized spacial score (nSPS) is 11.8. The van der Waals surface area contributed by atoms with Crippen LogP contribution in [-0.2, 0) is 4.79 Å². The van der Waals surface area contributed by atoms with Gasteiger partial charge >= 0.3 is 0 Å². The van der Waals surface area contributed by atoms with Crippen LogP contribution in [0.2, 0.25) is 0 Å². The minimum absolute atomic E-state index is 0.0159. The fourth-order valence-electron chi connectivity index (χ4n) is 1.70. The van der Waals surface area contributed by atoms with Gasteiger partial charge in [-0.15, -0.1) is 0 Å². The standard InChI is InChI=1S/C13H25N3O/c1-3-5-8-12(7-4-2)16-11-13(17)15-10-6-9-14/h12,16H,3-8,10-11H2,1-2H3,(H,15,17). The van der Waals surface area contributed by atoms with E-state index < -0.39 is 0 Å². The Morgan fingerprint density at radius 3 is 2.65 bits per heavy atom. The van der Waals surface area contributed by atoms with Crippen LogP contribution in [0.25, 0.3) is 0 Å². The van der Waals surface area contributed by atoms with Crippen LogP contribution >= 0.6 is 0 Å². The molecule has 1 amide bonds. The summed E-state index contributed by atoms with van der Waals surface area (Å²) in [6, 6.07) is 2.45. The van der Waals surface area contributed by atoms with Gasteiger partial charge in [0.05, 0.1) is 19.0 Å². The van der Waals surface area contributed by atoms with E-state index in [2.05, 4.69) is 24.5 Å². The molecule has 4 nitrogen and oxygen atoms in total. The summed E-state index contributed by atoms with van der Waals surface area (Å²) in [5, 5.41) is 14.3. The summed E-state index contributed by atoms with van der Waals surface area (Å²) in [6.07, 6.45) is 6.16. The summed E-state index contributed by atoms with van der Waals surface area (Å²) in [5.74, 6) is -0.0159. The molecule has 0 aromatic heterocycles. The van der Waals surface area contributed by atoms with Gasteiger partial charge in [-0.25, -0.2) is 0 Å². The van der Waals surface area contributed by atoms with E-state index in [0.717, 1.165) is 19.3 Å². The van der Waals surface area contributed by atoms with E-state index in [0.29, 0.717) is 25.6 Å². The minimum atomic E-state index is -0.0159. The van der Waals surface area contributed by atoms with E-state index in [1.807, 2.05) is 6.07 Å². The summed E-state index contributed by atoms with van der Waals surface area (Å²) in [6.45, 7) is 5.15. The molecule has 0 aliphatic carbocycles. The van der Waals surface area contributed by atoms with Crippen LogP contribution in [0.4, 0.5) is 0 Å². The van der Waals surface area contributed by atoms with Crippen molar-refractivity contribution in [1.29, 1.82) is 5.26 Å². The first kappa shape index (κ1) is 15.9. The van der Waals surface area contributed by atoms with E-state index >= 15 is 0 Å². The molecule has 0 aromatic carbocycles. The first-order valence-electron chi connectivity index (χ1n) is 6.61. The number of hydrogen-bond acceptors (Lipinski definition) is 3. The minimum Gasteiger partial charge on any atom is -0.354 e. The second kappa shape index (κ2) is 11.4. The predicted molar refractivity (Wildman–Crippen MR) is 69.5 cm³/mol. The van der Waals surface area contributed by atoms with Gasteiger partial charge in [-0.05, 0) is 12.8 Å². The third-order valence-corrected chi connectivity index (χ3v) is 2.65. The number of unbranched alkanes of at least 4 members (excludes halogenated alkanes) is 1. The molecule has 0 aromatic rings. The second-order valence-corrected chi connectivity index (χ2v) is 4.27.